The molecule has 0 aliphatic carbocycles. The van der Waals surface area contributed by atoms with Crippen LogP contribution in [0.5, 0.6) is 0 Å². The standard InChI is InChI=1S/C18H21ClN4O2S/c1-11-5-6-13-9-14(16(19)20-15(13)12(11)2)10-26-18-22-21-17(24)23(18)7-4-8-25-3/h5-6,9H,4,7-8,10H2,1-3H3,(H,21,24). The predicted octanol–water partition coefficient (Wildman–Crippen LogP) is 3.72. The number of ether oxygens (including phenoxy) is 1. The third-order valence-corrected chi connectivity index (χ3v) is 5.70. The first-order chi connectivity index (χ1) is 12.5. The van der Waals surface area contributed by atoms with E-state index in [2.05, 4.69) is 47.2 Å². The molecule has 0 fully saturated rings. The summed E-state index contributed by atoms with van der Waals surface area (Å²) in [6.45, 7) is 5.28. The minimum atomic E-state index is -0.211. The molecule has 3 rings (SSSR count). The number of pyridine rings is 1. The van der Waals surface area contributed by atoms with Crippen LogP contribution in [0.1, 0.15) is 23.1 Å². The minimum absolute atomic E-state index is 0.211. The SMILES string of the molecule is COCCCn1c(SCc2cc3ccc(C)c(C)c3nc2Cl)n[nH]c1=O. The molecule has 0 unspecified atom stereocenters. The molecule has 2 heterocycles. The van der Waals surface area contributed by atoms with Gasteiger partial charge in [-0.05, 0) is 37.5 Å². The average molecular weight is 393 g/mol. The topological polar surface area (TPSA) is 72.8 Å². The Labute approximate surface area is 160 Å². The van der Waals surface area contributed by atoms with E-state index in [0.29, 0.717) is 29.2 Å². The van der Waals surface area contributed by atoms with Crippen LogP contribution in [0.4, 0.5) is 0 Å². The summed E-state index contributed by atoms with van der Waals surface area (Å²) < 4.78 is 6.67. The van der Waals surface area contributed by atoms with Crippen LogP contribution in [-0.2, 0) is 17.0 Å². The lowest BCUT2D eigenvalue weighted by molar-refractivity contribution is 0.189. The van der Waals surface area contributed by atoms with Crippen LogP contribution in [0.2, 0.25) is 5.15 Å². The zero-order valence-corrected chi connectivity index (χ0v) is 16.6. The summed E-state index contributed by atoms with van der Waals surface area (Å²) in [5, 5.41) is 8.81. The van der Waals surface area contributed by atoms with Crippen LogP contribution >= 0.6 is 23.4 Å². The Kier molecular flexibility index (Phi) is 6.01. The van der Waals surface area contributed by atoms with Crippen LogP contribution in [0, 0.1) is 13.8 Å². The second-order valence-electron chi connectivity index (χ2n) is 6.12. The van der Waals surface area contributed by atoms with E-state index >= 15 is 0 Å². The molecule has 26 heavy (non-hydrogen) atoms. The van der Waals surface area contributed by atoms with Crippen molar-refractivity contribution in [2.75, 3.05) is 13.7 Å². The van der Waals surface area contributed by atoms with E-state index in [1.165, 1.54) is 17.3 Å². The van der Waals surface area contributed by atoms with Crippen molar-refractivity contribution in [3.05, 3.63) is 50.5 Å². The van der Waals surface area contributed by atoms with Gasteiger partial charge in [-0.25, -0.2) is 14.9 Å². The number of H-pyrrole nitrogens is 1. The van der Waals surface area contributed by atoms with Gasteiger partial charge in [0.1, 0.15) is 5.15 Å². The molecular weight excluding hydrogens is 372 g/mol. The number of fused-ring (bicyclic) bond motifs is 1. The van der Waals surface area contributed by atoms with Gasteiger partial charge in [0.15, 0.2) is 5.16 Å². The molecule has 0 saturated carbocycles. The average Bonchev–Trinajstić information content (AvgIpc) is 2.97. The summed E-state index contributed by atoms with van der Waals surface area (Å²) in [6.07, 6.45) is 0.750. The predicted molar refractivity (Wildman–Crippen MR) is 105 cm³/mol. The first kappa shape index (κ1) is 18.9. The van der Waals surface area contributed by atoms with Gasteiger partial charge in [-0.15, -0.1) is 5.10 Å². The zero-order chi connectivity index (χ0) is 18.7. The van der Waals surface area contributed by atoms with E-state index in [1.807, 2.05) is 0 Å². The normalized spacial score (nSPS) is 11.4. The Bertz CT molecular complexity index is 983. The summed E-state index contributed by atoms with van der Waals surface area (Å²) in [5.74, 6) is 0.587. The van der Waals surface area contributed by atoms with Gasteiger partial charge in [-0.3, -0.25) is 4.57 Å². The Morgan fingerprint density at radius 2 is 2.15 bits per heavy atom. The van der Waals surface area contributed by atoms with Crippen molar-refractivity contribution < 1.29 is 4.74 Å². The smallest absolute Gasteiger partial charge is 0.343 e. The van der Waals surface area contributed by atoms with Crippen molar-refractivity contribution in [1.29, 1.82) is 0 Å². The van der Waals surface area contributed by atoms with Crippen LogP contribution in [0.25, 0.3) is 10.9 Å². The van der Waals surface area contributed by atoms with E-state index in [1.54, 1.807) is 11.7 Å². The number of aromatic nitrogens is 4. The monoisotopic (exact) mass is 392 g/mol. The highest BCUT2D eigenvalue weighted by atomic mass is 35.5. The fourth-order valence-corrected chi connectivity index (χ4v) is 3.96. The Hall–Kier alpha value is -1.83. The molecule has 0 spiro atoms. The molecule has 0 amide bonds. The number of nitrogens with zero attached hydrogens (tertiary/aromatic N) is 3. The summed E-state index contributed by atoms with van der Waals surface area (Å²) in [4.78, 5) is 16.5. The van der Waals surface area contributed by atoms with Gasteiger partial charge in [-0.1, -0.05) is 35.5 Å². The van der Waals surface area contributed by atoms with E-state index in [0.717, 1.165) is 28.5 Å². The molecule has 1 aromatic carbocycles. The van der Waals surface area contributed by atoms with Crippen molar-refractivity contribution in [2.24, 2.45) is 0 Å². The number of aromatic amines is 1. The minimum Gasteiger partial charge on any atom is -0.385 e. The molecule has 0 bridgehead atoms. The van der Waals surface area contributed by atoms with Gasteiger partial charge < -0.3 is 4.74 Å². The van der Waals surface area contributed by atoms with Crippen molar-refractivity contribution in [3.63, 3.8) is 0 Å². The highest BCUT2D eigenvalue weighted by molar-refractivity contribution is 7.98. The first-order valence-electron chi connectivity index (χ1n) is 8.33. The molecular formula is C18H21ClN4O2S. The van der Waals surface area contributed by atoms with Crippen molar-refractivity contribution in [1.82, 2.24) is 19.7 Å². The molecule has 0 atom stereocenters. The Morgan fingerprint density at radius 1 is 1.35 bits per heavy atom. The summed E-state index contributed by atoms with van der Waals surface area (Å²) in [5.41, 5.74) is 3.98. The maximum Gasteiger partial charge on any atom is 0.343 e. The number of thioether (sulfide) groups is 1. The number of halogens is 1. The lowest BCUT2D eigenvalue weighted by Crippen LogP contribution is -2.18. The number of rotatable bonds is 7. The van der Waals surface area contributed by atoms with Crippen molar-refractivity contribution in [3.8, 4) is 0 Å². The van der Waals surface area contributed by atoms with Gasteiger partial charge >= 0.3 is 5.69 Å². The number of nitrogens with one attached hydrogen (secondary N) is 1. The Balaban J connectivity index is 1.81. The van der Waals surface area contributed by atoms with Crippen molar-refractivity contribution in [2.45, 2.75) is 37.7 Å². The molecule has 0 aliphatic heterocycles. The van der Waals surface area contributed by atoms with Gasteiger partial charge in [0.05, 0.1) is 5.52 Å². The van der Waals surface area contributed by atoms with Crippen LogP contribution in [-0.4, -0.2) is 33.5 Å². The third kappa shape index (κ3) is 3.95. The van der Waals surface area contributed by atoms with E-state index < -0.39 is 0 Å². The lowest BCUT2D eigenvalue weighted by Gasteiger charge is -2.10. The Morgan fingerprint density at radius 3 is 2.92 bits per heavy atom. The van der Waals surface area contributed by atoms with E-state index in [4.69, 9.17) is 16.3 Å². The van der Waals surface area contributed by atoms with Crippen LogP contribution in [0.15, 0.2) is 28.2 Å². The lowest BCUT2D eigenvalue weighted by atomic mass is 10.0. The quantitative estimate of drug-likeness (QED) is 0.377. The molecule has 138 valence electrons. The number of aryl methyl sites for hydroxylation is 2. The first-order valence-corrected chi connectivity index (χ1v) is 9.70. The van der Waals surface area contributed by atoms with Crippen LogP contribution < -0.4 is 5.69 Å². The molecule has 1 N–H and O–H groups in total. The fraction of sp³-hybridized carbons (Fsp3) is 0.389. The second-order valence-corrected chi connectivity index (χ2v) is 7.42. The number of hydrogen-bond donors (Lipinski definition) is 1. The number of hydrogen-bond acceptors (Lipinski definition) is 5. The molecule has 0 saturated heterocycles. The molecule has 0 aliphatic rings. The fourth-order valence-electron chi connectivity index (χ4n) is 2.73. The summed E-state index contributed by atoms with van der Waals surface area (Å²) >= 11 is 7.87. The van der Waals surface area contributed by atoms with Gasteiger partial charge in [0, 0.05) is 37.0 Å². The maximum absolute atomic E-state index is 11.9. The molecule has 8 heteroatoms. The number of methoxy groups -OCH3 is 1. The van der Waals surface area contributed by atoms with Gasteiger partial charge in [0.2, 0.25) is 0 Å². The summed E-state index contributed by atoms with van der Waals surface area (Å²) in [7, 11) is 1.64. The number of benzene rings is 1. The summed E-state index contributed by atoms with van der Waals surface area (Å²) in [6, 6.07) is 6.21. The molecule has 2 aromatic heterocycles. The van der Waals surface area contributed by atoms with E-state index in [9.17, 15) is 4.79 Å². The molecule has 3 aromatic rings. The highest BCUT2D eigenvalue weighted by Gasteiger charge is 2.12. The zero-order valence-electron chi connectivity index (χ0n) is 15.0. The third-order valence-electron chi connectivity index (χ3n) is 4.35. The van der Waals surface area contributed by atoms with Gasteiger partial charge in [0.25, 0.3) is 0 Å². The largest absolute Gasteiger partial charge is 0.385 e. The van der Waals surface area contributed by atoms with Crippen LogP contribution in [0.3, 0.4) is 0 Å². The maximum atomic E-state index is 11.9. The van der Waals surface area contributed by atoms with Gasteiger partial charge in [-0.2, -0.15) is 0 Å². The van der Waals surface area contributed by atoms with Crippen molar-refractivity contribution >= 4 is 34.3 Å². The second kappa shape index (κ2) is 8.24. The van der Waals surface area contributed by atoms with E-state index in [-0.39, 0.29) is 5.69 Å². The highest BCUT2D eigenvalue weighted by Crippen LogP contribution is 2.29. The molecule has 0 radical (unpaired) electrons. The molecule has 6 nitrogen and oxygen atoms in total.